The summed E-state index contributed by atoms with van der Waals surface area (Å²) in [5.74, 6) is 2.17. The van der Waals surface area contributed by atoms with E-state index in [0.717, 1.165) is 31.1 Å². The first kappa shape index (κ1) is 12.9. The maximum Gasteiger partial charge on any atom is 0.0875 e. The standard InChI is InChI=1S/C12H21N3OS/c1-3-6-15-10(4-5-14-15)12(13-2)11-9-17-8-7-16-11/h4-5,11-13H,3,6-9H2,1-2H3. The normalized spacial score (nSPS) is 22.6. The monoisotopic (exact) mass is 255 g/mol. The molecule has 5 heteroatoms. The summed E-state index contributed by atoms with van der Waals surface area (Å²) in [6.07, 6.45) is 3.24. The highest BCUT2D eigenvalue weighted by molar-refractivity contribution is 7.99. The molecule has 0 saturated carbocycles. The van der Waals surface area contributed by atoms with E-state index in [4.69, 9.17) is 4.74 Å². The van der Waals surface area contributed by atoms with Crippen molar-refractivity contribution >= 4 is 11.8 Å². The fraction of sp³-hybridized carbons (Fsp3) is 0.750. The first-order valence-corrected chi connectivity index (χ1v) is 7.40. The summed E-state index contributed by atoms with van der Waals surface area (Å²) in [4.78, 5) is 0. The quantitative estimate of drug-likeness (QED) is 0.869. The van der Waals surface area contributed by atoms with Gasteiger partial charge in [-0.1, -0.05) is 6.92 Å². The van der Waals surface area contributed by atoms with Crippen molar-refractivity contribution in [3.05, 3.63) is 18.0 Å². The average Bonchev–Trinajstić information content (AvgIpc) is 2.81. The Morgan fingerprint density at radius 3 is 3.24 bits per heavy atom. The number of nitrogens with zero attached hydrogens (tertiary/aromatic N) is 2. The Morgan fingerprint density at radius 2 is 2.59 bits per heavy atom. The maximum absolute atomic E-state index is 5.86. The molecule has 2 atom stereocenters. The van der Waals surface area contributed by atoms with Crippen LogP contribution in [0.5, 0.6) is 0 Å². The Kier molecular flexibility index (Phi) is 4.88. The number of likely N-dealkylation sites (N-methyl/N-ethyl adjacent to an activating group) is 1. The van der Waals surface area contributed by atoms with E-state index in [-0.39, 0.29) is 12.1 Å². The number of hydrogen-bond acceptors (Lipinski definition) is 4. The second-order valence-corrected chi connectivity index (χ2v) is 5.38. The van der Waals surface area contributed by atoms with Gasteiger partial charge >= 0.3 is 0 Å². The van der Waals surface area contributed by atoms with E-state index in [2.05, 4.69) is 28.1 Å². The molecule has 1 N–H and O–H groups in total. The zero-order chi connectivity index (χ0) is 12.1. The molecule has 0 bridgehead atoms. The van der Waals surface area contributed by atoms with Crippen molar-refractivity contribution in [3.8, 4) is 0 Å². The van der Waals surface area contributed by atoms with Gasteiger partial charge < -0.3 is 10.1 Å². The van der Waals surface area contributed by atoms with Crippen molar-refractivity contribution in [2.24, 2.45) is 0 Å². The molecule has 17 heavy (non-hydrogen) atoms. The van der Waals surface area contributed by atoms with E-state index in [1.165, 1.54) is 5.69 Å². The predicted octanol–water partition coefficient (Wildman–Crippen LogP) is 1.69. The minimum atomic E-state index is 0.247. The van der Waals surface area contributed by atoms with Gasteiger partial charge in [-0.25, -0.2) is 0 Å². The summed E-state index contributed by atoms with van der Waals surface area (Å²) >= 11 is 1.97. The third kappa shape index (κ3) is 3.03. The molecule has 0 aliphatic carbocycles. The van der Waals surface area contributed by atoms with Crippen LogP contribution in [-0.4, -0.2) is 41.0 Å². The Bertz CT molecular complexity index is 336. The van der Waals surface area contributed by atoms with E-state index < -0.39 is 0 Å². The summed E-state index contributed by atoms with van der Waals surface area (Å²) < 4.78 is 7.95. The lowest BCUT2D eigenvalue weighted by Crippen LogP contribution is -2.37. The molecule has 0 aromatic carbocycles. The van der Waals surface area contributed by atoms with Crippen LogP contribution in [0, 0.1) is 0 Å². The van der Waals surface area contributed by atoms with Crippen LogP contribution in [0.1, 0.15) is 25.1 Å². The van der Waals surface area contributed by atoms with Crippen LogP contribution in [0.2, 0.25) is 0 Å². The van der Waals surface area contributed by atoms with Gasteiger partial charge in [0, 0.05) is 24.2 Å². The average molecular weight is 255 g/mol. The second-order valence-electron chi connectivity index (χ2n) is 4.23. The molecule has 1 aromatic rings. The fourth-order valence-corrected chi connectivity index (χ4v) is 3.13. The molecule has 2 unspecified atom stereocenters. The number of aryl methyl sites for hydroxylation is 1. The highest BCUT2D eigenvalue weighted by atomic mass is 32.2. The zero-order valence-electron chi connectivity index (χ0n) is 10.6. The number of aromatic nitrogens is 2. The minimum Gasteiger partial charge on any atom is -0.374 e. The van der Waals surface area contributed by atoms with Crippen LogP contribution in [-0.2, 0) is 11.3 Å². The van der Waals surface area contributed by atoms with Gasteiger partial charge in [0.1, 0.15) is 0 Å². The molecule has 0 radical (unpaired) electrons. The van der Waals surface area contributed by atoms with Crippen LogP contribution in [0.4, 0.5) is 0 Å². The molecular formula is C12H21N3OS. The molecule has 0 spiro atoms. The highest BCUT2D eigenvalue weighted by Crippen LogP contribution is 2.25. The number of hydrogen-bond donors (Lipinski definition) is 1. The third-order valence-corrected chi connectivity index (χ3v) is 4.05. The predicted molar refractivity (Wildman–Crippen MR) is 71.4 cm³/mol. The summed E-state index contributed by atoms with van der Waals surface area (Å²) in [7, 11) is 2.00. The van der Waals surface area contributed by atoms with Crippen LogP contribution < -0.4 is 5.32 Å². The zero-order valence-corrected chi connectivity index (χ0v) is 11.4. The number of thioether (sulfide) groups is 1. The molecule has 2 rings (SSSR count). The minimum absolute atomic E-state index is 0.247. The number of rotatable bonds is 5. The van der Waals surface area contributed by atoms with Crippen LogP contribution in [0.25, 0.3) is 0 Å². The Morgan fingerprint density at radius 1 is 1.71 bits per heavy atom. The van der Waals surface area contributed by atoms with Gasteiger partial charge in [0.25, 0.3) is 0 Å². The molecule has 1 aliphatic rings. The van der Waals surface area contributed by atoms with Crippen molar-refractivity contribution in [2.75, 3.05) is 25.2 Å². The summed E-state index contributed by atoms with van der Waals surface area (Å²) in [6, 6.07) is 2.34. The van der Waals surface area contributed by atoms with E-state index in [0.29, 0.717) is 0 Å². The van der Waals surface area contributed by atoms with Gasteiger partial charge in [-0.2, -0.15) is 16.9 Å². The summed E-state index contributed by atoms with van der Waals surface area (Å²) in [5.41, 5.74) is 1.24. The Labute approximate surface area is 107 Å². The fourth-order valence-electron chi connectivity index (χ4n) is 2.23. The lowest BCUT2D eigenvalue weighted by Gasteiger charge is -2.30. The first-order chi connectivity index (χ1) is 8.36. The Hall–Kier alpha value is -0.520. The molecule has 96 valence electrons. The molecule has 1 aromatic heterocycles. The van der Waals surface area contributed by atoms with Crippen LogP contribution in [0.3, 0.4) is 0 Å². The molecule has 2 heterocycles. The summed E-state index contributed by atoms with van der Waals surface area (Å²) in [6.45, 7) is 4.00. The smallest absolute Gasteiger partial charge is 0.0875 e. The third-order valence-electron chi connectivity index (χ3n) is 3.03. The molecule has 1 saturated heterocycles. The van der Waals surface area contributed by atoms with Gasteiger partial charge in [-0.05, 0) is 19.5 Å². The van der Waals surface area contributed by atoms with Crippen LogP contribution in [0.15, 0.2) is 12.3 Å². The van der Waals surface area contributed by atoms with Crippen molar-refractivity contribution in [1.82, 2.24) is 15.1 Å². The highest BCUT2D eigenvalue weighted by Gasteiger charge is 2.27. The molecular weight excluding hydrogens is 234 g/mol. The Balaban J connectivity index is 2.12. The van der Waals surface area contributed by atoms with E-state index in [1.54, 1.807) is 0 Å². The van der Waals surface area contributed by atoms with E-state index in [9.17, 15) is 0 Å². The van der Waals surface area contributed by atoms with Crippen LogP contribution >= 0.6 is 11.8 Å². The van der Waals surface area contributed by atoms with E-state index in [1.807, 2.05) is 25.0 Å². The van der Waals surface area contributed by atoms with Crippen molar-refractivity contribution < 1.29 is 4.74 Å². The largest absolute Gasteiger partial charge is 0.374 e. The molecule has 4 nitrogen and oxygen atoms in total. The van der Waals surface area contributed by atoms with Gasteiger partial charge in [0.2, 0.25) is 0 Å². The molecule has 1 aliphatic heterocycles. The van der Waals surface area contributed by atoms with Gasteiger partial charge in [-0.3, -0.25) is 4.68 Å². The second kappa shape index (κ2) is 6.42. The first-order valence-electron chi connectivity index (χ1n) is 6.25. The number of nitrogens with one attached hydrogen (secondary N) is 1. The van der Waals surface area contributed by atoms with Crippen molar-refractivity contribution in [1.29, 1.82) is 0 Å². The van der Waals surface area contributed by atoms with Crippen molar-refractivity contribution in [3.63, 3.8) is 0 Å². The van der Waals surface area contributed by atoms with Gasteiger partial charge in [0.15, 0.2) is 0 Å². The molecule has 0 amide bonds. The van der Waals surface area contributed by atoms with Gasteiger partial charge in [-0.15, -0.1) is 0 Å². The number of ether oxygens (including phenoxy) is 1. The van der Waals surface area contributed by atoms with Crippen molar-refractivity contribution in [2.45, 2.75) is 32.0 Å². The SMILES string of the molecule is CCCn1nccc1C(NC)C1CSCCO1. The topological polar surface area (TPSA) is 39.1 Å². The lowest BCUT2D eigenvalue weighted by atomic mass is 10.1. The van der Waals surface area contributed by atoms with E-state index >= 15 is 0 Å². The molecule has 1 fully saturated rings. The maximum atomic E-state index is 5.86. The summed E-state index contributed by atoms with van der Waals surface area (Å²) in [5, 5.41) is 7.76. The lowest BCUT2D eigenvalue weighted by molar-refractivity contribution is 0.0465. The van der Waals surface area contributed by atoms with Gasteiger partial charge in [0.05, 0.1) is 24.4 Å².